The number of hydrogen-bond acceptors (Lipinski definition) is 6. The van der Waals surface area contributed by atoms with Gasteiger partial charge in [-0.25, -0.2) is 4.79 Å². The van der Waals surface area contributed by atoms with Crippen LogP contribution in [-0.2, 0) is 11.3 Å². The highest BCUT2D eigenvalue weighted by Crippen LogP contribution is 2.31. The number of aliphatic hydroxyl groups excluding tert-OH is 1. The van der Waals surface area contributed by atoms with E-state index in [1.807, 2.05) is 4.90 Å². The first-order valence-corrected chi connectivity index (χ1v) is 10.0. The second-order valence-corrected chi connectivity index (χ2v) is 8.92. The number of nitrogens with zero attached hydrogens (tertiary/aromatic N) is 1. The van der Waals surface area contributed by atoms with Crippen LogP contribution >= 0.6 is 0 Å². The number of aliphatic hydroxyl groups is 2. The number of rotatable bonds is 7. The van der Waals surface area contributed by atoms with Gasteiger partial charge in [0.1, 0.15) is 11.4 Å². The third-order valence-corrected chi connectivity index (χ3v) is 5.03. The minimum absolute atomic E-state index is 0.0328. The van der Waals surface area contributed by atoms with E-state index in [4.69, 9.17) is 4.74 Å². The summed E-state index contributed by atoms with van der Waals surface area (Å²) in [6, 6.07) is 4.57. The van der Waals surface area contributed by atoms with Crippen molar-refractivity contribution in [1.82, 2.24) is 4.90 Å². The van der Waals surface area contributed by atoms with Crippen LogP contribution in [0.5, 0.6) is 5.75 Å². The molecule has 1 amide bonds. The summed E-state index contributed by atoms with van der Waals surface area (Å²) < 4.78 is 35.8. The third-order valence-electron chi connectivity index (χ3n) is 5.03. The Morgan fingerprint density at radius 1 is 1.33 bits per heavy atom. The van der Waals surface area contributed by atoms with Crippen LogP contribution in [0.25, 0.3) is 0 Å². The second kappa shape index (κ2) is 9.89. The van der Waals surface area contributed by atoms with E-state index in [1.54, 1.807) is 39.8 Å². The molecule has 1 aromatic carbocycles. The molecule has 0 spiro atoms. The van der Waals surface area contributed by atoms with Crippen LogP contribution in [0.3, 0.4) is 0 Å². The highest BCUT2D eigenvalue weighted by molar-refractivity contribution is 5.85. The summed E-state index contributed by atoms with van der Waals surface area (Å²) in [5.74, 6) is -0.154. The lowest BCUT2D eigenvalue weighted by Crippen LogP contribution is -2.47. The molecule has 7 nitrogen and oxygen atoms in total. The monoisotopic (exact) mass is 430 g/mol. The molecule has 1 saturated heterocycles. The van der Waals surface area contributed by atoms with Gasteiger partial charge in [-0.2, -0.15) is 8.78 Å². The minimum Gasteiger partial charge on any atom is -0.444 e. The molecule has 0 aromatic heterocycles. The van der Waals surface area contributed by atoms with E-state index in [0.29, 0.717) is 18.7 Å². The summed E-state index contributed by atoms with van der Waals surface area (Å²) >= 11 is 0. The molecule has 30 heavy (non-hydrogen) atoms. The topological polar surface area (TPSA) is 91.3 Å². The van der Waals surface area contributed by atoms with Crippen molar-refractivity contribution in [3.8, 4) is 5.75 Å². The number of amides is 1. The number of halogens is 2. The van der Waals surface area contributed by atoms with Crippen molar-refractivity contribution < 1.29 is 33.3 Å². The smallest absolute Gasteiger partial charge is 0.412 e. The van der Waals surface area contributed by atoms with Gasteiger partial charge in [-0.15, -0.1) is 0 Å². The maximum Gasteiger partial charge on any atom is 0.412 e. The standard InChI is InChI=1S/C21H32F2N2O5/c1-20(2,3)30-19(27)24-16-8-7-14(17(10-16)29-18(22)23)11-25-9-5-6-15(12-25)21(4,28)13-26/h7-8,10,15,18,26,28H,5-6,9,11-13H2,1-4H3,(H,24,27)/t15-,21+/m0/s1. The van der Waals surface area contributed by atoms with Gasteiger partial charge in [0.15, 0.2) is 0 Å². The van der Waals surface area contributed by atoms with Gasteiger partial charge < -0.3 is 19.7 Å². The zero-order valence-electron chi connectivity index (χ0n) is 18.0. The van der Waals surface area contributed by atoms with Crippen LogP contribution < -0.4 is 10.1 Å². The van der Waals surface area contributed by atoms with E-state index in [2.05, 4.69) is 10.1 Å². The van der Waals surface area contributed by atoms with E-state index >= 15 is 0 Å². The predicted octanol–water partition coefficient (Wildman–Crippen LogP) is 3.59. The largest absolute Gasteiger partial charge is 0.444 e. The van der Waals surface area contributed by atoms with Crippen LogP contribution in [0.2, 0.25) is 0 Å². The van der Waals surface area contributed by atoms with E-state index < -0.39 is 23.9 Å². The Kier molecular flexibility index (Phi) is 8.01. The van der Waals surface area contributed by atoms with Crippen molar-refractivity contribution in [1.29, 1.82) is 0 Å². The quantitative estimate of drug-likeness (QED) is 0.612. The number of nitrogens with one attached hydrogen (secondary N) is 1. The first-order chi connectivity index (χ1) is 13.9. The van der Waals surface area contributed by atoms with E-state index in [1.165, 1.54) is 6.07 Å². The Balaban J connectivity index is 2.14. The Labute approximate surface area is 176 Å². The predicted molar refractivity (Wildman–Crippen MR) is 109 cm³/mol. The number of carbonyl (C=O) groups is 1. The maximum atomic E-state index is 13.0. The molecule has 0 bridgehead atoms. The third kappa shape index (κ3) is 7.37. The molecule has 0 radical (unpaired) electrons. The molecule has 1 heterocycles. The normalized spacial score (nSPS) is 20.0. The number of ether oxygens (including phenoxy) is 2. The number of benzene rings is 1. The van der Waals surface area contributed by atoms with Crippen LogP contribution in [0.1, 0.15) is 46.1 Å². The number of piperidine rings is 1. The number of carbonyl (C=O) groups excluding carboxylic acids is 1. The van der Waals surface area contributed by atoms with Crippen molar-refractivity contribution in [3.63, 3.8) is 0 Å². The summed E-state index contributed by atoms with van der Waals surface area (Å²) in [5, 5.41) is 22.3. The number of alkyl halides is 2. The minimum atomic E-state index is -3.01. The summed E-state index contributed by atoms with van der Waals surface area (Å²) in [6.45, 7) is 5.03. The molecule has 9 heteroatoms. The van der Waals surface area contributed by atoms with Gasteiger partial charge in [-0.05, 0) is 53.1 Å². The summed E-state index contributed by atoms with van der Waals surface area (Å²) in [4.78, 5) is 14.0. The average Bonchev–Trinajstić information content (AvgIpc) is 2.62. The highest BCUT2D eigenvalue weighted by atomic mass is 19.3. The zero-order valence-corrected chi connectivity index (χ0v) is 18.0. The molecule has 2 atom stereocenters. The van der Waals surface area contributed by atoms with E-state index in [0.717, 1.165) is 19.4 Å². The molecule has 2 rings (SSSR count). The fourth-order valence-electron chi connectivity index (χ4n) is 3.47. The Morgan fingerprint density at radius 3 is 2.63 bits per heavy atom. The Bertz CT molecular complexity index is 722. The molecule has 1 aliphatic heterocycles. The molecule has 1 fully saturated rings. The van der Waals surface area contributed by atoms with Crippen molar-refractivity contribution in [2.75, 3.05) is 25.0 Å². The molecular formula is C21H32F2N2O5. The van der Waals surface area contributed by atoms with Gasteiger partial charge >= 0.3 is 12.7 Å². The lowest BCUT2D eigenvalue weighted by molar-refractivity contribution is -0.0702. The number of likely N-dealkylation sites (tertiary alicyclic amines) is 1. The Hall–Kier alpha value is -1.97. The summed E-state index contributed by atoms with van der Waals surface area (Å²) in [5.41, 5.74) is -1.06. The molecule has 1 aliphatic rings. The molecular weight excluding hydrogens is 398 g/mol. The first kappa shape index (κ1) is 24.3. The number of hydrogen-bond donors (Lipinski definition) is 3. The van der Waals surface area contributed by atoms with Crippen molar-refractivity contribution in [3.05, 3.63) is 23.8 Å². The Morgan fingerprint density at radius 2 is 2.03 bits per heavy atom. The second-order valence-electron chi connectivity index (χ2n) is 8.92. The van der Waals surface area contributed by atoms with Crippen LogP contribution in [0, 0.1) is 5.92 Å². The van der Waals surface area contributed by atoms with Crippen LogP contribution in [0.4, 0.5) is 19.3 Å². The van der Waals surface area contributed by atoms with Gasteiger partial charge in [-0.3, -0.25) is 10.2 Å². The number of anilines is 1. The van der Waals surface area contributed by atoms with Crippen LogP contribution in [0.15, 0.2) is 18.2 Å². The van der Waals surface area contributed by atoms with Gasteiger partial charge in [0.25, 0.3) is 0 Å². The summed E-state index contributed by atoms with van der Waals surface area (Å²) in [6.07, 6.45) is 0.913. The lowest BCUT2D eigenvalue weighted by Gasteiger charge is -2.39. The van der Waals surface area contributed by atoms with Crippen molar-refractivity contribution in [2.45, 2.75) is 64.9 Å². The maximum absolute atomic E-state index is 13.0. The van der Waals surface area contributed by atoms with E-state index in [-0.39, 0.29) is 24.0 Å². The summed E-state index contributed by atoms with van der Waals surface area (Å²) in [7, 11) is 0. The fourth-order valence-corrected chi connectivity index (χ4v) is 3.47. The van der Waals surface area contributed by atoms with Crippen LogP contribution in [-0.4, -0.2) is 58.7 Å². The molecule has 170 valence electrons. The van der Waals surface area contributed by atoms with Gasteiger partial charge in [0, 0.05) is 36.3 Å². The van der Waals surface area contributed by atoms with Crippen molar-refractivity contribution >= 4 is 11.8 Å². The molecule has 0 aliphatic carbocycles. The van der Waals surface area contributed by atoms with Gasteiger partial charge in [-0.1, -0.05) is 6.07 Å². The highest BCUT2D eigenvalue weighted by Gasteiger charge is 2.34. The van der Waals surface area contributed by atoms with Gasteiger partial charge in [0.05, 0.1) is 12.2 Å². The van der Waals surface area contributed by atoms with E-state index in [9.17, 15) is 23.8 Å². The van der Waals surface area contributed by atoms with Gasteiger partial charge in [0.2, 0.25) is 0 Å². The lowest BCUT2D eigenvalue weighted by atomic mass is 9.83. The average molecular weight is 430 g/mol. The fraction of sp³-hybridized carbons (Fsp3) is 0.667. The first-order valence-electron chi connectivity index (χ1n) is 10.0. The van der Waals surface area contributed by atoms with Crippen molar-refractivity contribution in [2.24, 2.45) is 5.92 Å². The molecule has 1 aromatic rings. The molecule has 3 N–H and O–H groups in total. The zero-order chi connectivity index (χ0) is 22.5. The molecule has 0 unspecified atom stereocenters. The SMILES string of the molecule is CC(C)(C)OC(=O)Nc1ccc(CN2CCC[C@H]([C@](C)(O)CO)C2)c(OC(F)F)c1. The molecule has 0 saturated carbocycles.